The van der Waals surface area contributed by atoms with Crippen LogP contribution >= 0.6 is 0 Å². The van der Waals surface area contributed by atoms with E-state index in [-0.39, 0.29) is 18.3 Å². The van der Waals surface area contributed by atoms with Gasteiger partial charge in [0.1, 0.15) is 36.6 Å². The van der Waals surface area contributed by atoms with Crippen LogP contribution in [0, 0.1) is 0 Å². The Morgan fingerprint density at radius 1 is 0.714 bits per heavy atom. The fraction of sp³-hybridized carbons (Fsp3) is 0.556. The lowest BCUT2D eigenvalue weighted by molar-refractivity contribution is -0.177. The molecule has 0 spiro atoms. The first-order valence-corrected chi connectivity index (χ1v) is 16.4. The van der Waals surface area contributed by atoms with E-state index in [1.165, 1.54) is 36.5 Å². The first kappa shape index (κ1) is 45.1. The van der Waals surface area contributed by atoms with Crippen LogP contribution in [0.25, 0.3) is 0 Å². The number of esters is 4. The molecule has 0 aromatic rings. The lowest BCUT2D eigenvalue weighted by atomic mass is 10.0. The second-order valence-corrected chi connectivity index (χ2v) is 11.1. The van der Waals surface area contributed by atoms with Gasteiger partial charge in [-0.1, -0.05) is 87.4 Å². The minimum Gasteiger partial charge on any atom is -0.457 e. The van der Waals surface area contributed by atoms with Gasteiger partial charge >= 0.3 is 23.9 Å². The highest BCUT2D eigenvalue weighted by molar-refractivity contribution is 5.86. The number of allylic oxidation sites excluding steroid dienone is 8. The highest BCUT2D eigenvalue weighted by atomic mass is 16.6. The number of carbonyl (C=O) groups is 4. The third kappa shape index (κ3) is 17.9. The van der Waals surface area contributed by atoms with Gasteiger partial charge in [0.25, 0.3) is 0 Å². The van der Waals surface area contributed by atoms with Crippen LogP contribution in [0.1, 0.15) is 79.1 Å². The van der Waals surface area contributed by atoms with E-state index in [4.69, 9.17) is 18.9 Å². The summed E-state index contributed by atoms with van der Waals surface area (Å²) in [5.74, 6) is -2.68. The molecule has 0 radical (unpaired) electrons. The van der Waals surface area contributed by atoms with Crippen LogP contribution in [0.15, 0.2) is 72.9 Å². The van der Waals surface area contributed by atoms with E-state index in [0.29, 0.717) is 38.5 Å². The molecule has 2 aliphatic rings. The summed E-state index contributed by atoms with van der Waals surface area (Å²) in [5.41, 5.74) is 0. The second kappa shape index (κ2) is 26.0. The summed E-state index contributed by atoms with van der Waals surface area (Å²) in [4.78, 5) is 48.1. The lowest BCUT2D eigenvalue weighted by Gasteiger charge is -2.27. The Morgan fingerprint density at radius 3 is 1.41 bits per heavy atom. The van der Waals surface area contributed by atoms with Crippen molar-refractivity contribution in [2.24, 2.45) is 0 Å². The van der Waals surface area contributed by atoms with Crippen LogP contribution in [0.3, 0.4) is 0 Å². The molecule has 49 heavy (non-hydrogen) atoms. The molecule has 276 valence electrons. The summed E-state index contributed by atoms with van der Waals surface area (Å²) in [5, 5.41) is 40.0. The van der Waals surface area contributed by atoms with Gasteiger partial charge in [-0.25, -0.2) is 19.2 Å². The van der Waals surface area contributed by atoms with Gasteiger partial charge in [-0.15, -0.1) is 0 Å². The van der Waals surface area contributed by atoms with Crippen LogP contribution in [-0.2, 0) is 38.1 Å². The molecule has 6 N–H and O–H groups in total. The fourth-order valence-electron chi connectivity index (χ4n) is 4.55. The molecule has 0 aliphatic carbocycles. The first-order chi connectivity index (χ1) is 23.0. The van der Waals surface area contributed by atoms with E-state index in [9.17, 15) is 39.6 Å². The molecule has 0 fully saturated rings. The Bertz CT molecular complexity index is 1080. The molecular formula is C36H54O13. The second-order valence-electron chi connectivity index (χ2n) is 11.1. The zero-order chi connectivity index (χ0) is 35.9. The normalized spacial score (nSPS) is 29.6. The van der Waals surface area contributed by atoms with Gasteiger partial charge < -0.3 is 44.8 Å². The number of ether oxygens (including phenoxy) is 4. The molecule has 0 aromatic carbocycles. The SMILES string of the molecule is C/C=C/C=C/C(=O)O[C@H]1CC/C=C/[C@@H](O)[C@@H](O)[C@H](CCC)OC1=O.C/C=C/C=C/C(=O)O[C@H]1CC/C=C/[C@@H](O)[C@@H](O)[C@H](CCC)OC1=O.O. The van der Waals surface area contributed by atoms with Crippen LogP contribution < -0.4 is 0 Å². The Kier molecular flexibility index (Phi) is 24.0. The Morgan fingerprint density at radius 2 is 1.08 bits per heavy atom. The maximum absolute atomic E-state index is 12.3. The molecule has 8 atom stereocenters. The number of carbonyl (C=O) groups excluding carboxylic acids is 4. The number of rotatable bonds is 10. The van der Waals surface area contributed by atoms with E-state index < -0.39 is 72.7 Å². The highest BCUT2D eigenvalue weighted by Crippen LogP contribution is 2.19. The molecule has 0 aromatic heterocycles. The molecule has 2 heterocycles. The lowest BCUT2D eigenvalue weighted by Crippen LogP contribution is -2.42. The topological polar surface area (TPSA) is 218 Å². The van der Waals surface area contributed by atoms with Crippen LogP contribution in [0.4, 0.5) is 0 Å². The Labute approximate surface area is 288 Å². The predicted octanol–water partition coefficient (Wildman–Crippen LogP) is 2.80. The van der Waals surface area contributed by atoms with Crippen molar-refractivity contribution in [2.75, 3.05) is 0 Å². The molecule has 13 nitrogen and oxygen atoms in total. The Hall–Kier alpha value is -3.88. The summed E-state index contributed by atoms with van der Waals surface area (Å²) in [6, 6.07) is 0. The first-order valence-electron chi connectivity index (χ1n) is 16.4. The molecule has 0 bridgehead atoms. The molecule has 0 saturated heterocycles. The van der Waals surface area contributed by atoms with Crippen molar-refractivity contribution in [1.82, 2.24) is 0 Å². The van der Waals surface area contributed by atoms with Crippen molar-refractivity contribution in [2.45, 2.75) is 128 Å². The third-order valence-electron chi connectivity index (χ3n) is 7.12. The average Bonchev–Trinajstić information content (AvgIpc) is 3.05. The molecule has 13 heteroatoms. The van der Waals surface area contributed by atoms with Crippen molar-refractivity contribution in [3.8, 4) is 0 Å². The number of cyclic esters (lactones) is 2. The molecule has 2 aliphatic heterocycles. The van der Waals surface area contributed by atoms with Crippen LogP contribution in [-0.4, -0.2) is 98.6 Å². The third-order valence-corrected chi connectivity index (χ3v) is 7.12. The molecule has 2 rings (SSSR count). The van der Waals surface area contributed by atoms with Gasteiger partial charge in [-0.2, -0.15) is 0 Å². The zero-order valence-electron chi connectivity index (χ0n) is 28.8. The minimum atomic E-state index is -1.21. The van der Waals surface area contributed by atoms with Crippen molar-refractivity contribution in [1.29, 1.82) is 0 Å². The summed E-state index contributed by atoms with van der Waals surface area (Å²) in [7, 11) is 0. The summed E-state index contributed by atoms with van der Waals surface area (Å²) >= 11 is 0. The van der Waals surface area contributed by atoms with E-state index in [1.807, 2.05) is 27.7 Å². The van der Waals surface area contributed by atoms with E-state index in [0.717, 1.165) is 0 Å². The van der Waals surface area contributed by atoms with Crippen molar-refractivity contribution < 1.29 is 64.0 Å². The summed E-state index contributed by atoms with van der Waals surface area (Å²) in [6.07, 6.45) is 13.7. The van der Waals surface area contributed by atoms with Gasteiger partial charge in [-0.3, -0.25) is 0 Å². The highest BCUT2D eigenvalue weighted by Gasteiger charge is 2.34. The van der Waals surface area contributed by atoms with Crippen molar-refractivity contribution in [3.63, 3.8) is 0 Å². The monoisotopic (exact) mass is 694 g/mol. The maximum Gasteiger partial charge on any atom is 0.347 e. The molecule has 0 unspecified atom stereocenters. The van der Waals surface area contributed by atoms with Crippen molar-refractivity contribution >= 4 is 23.9 Å². The predicted molar refractivity (Wildman–Crippen MR) is 182 cm³/mol. The number of hydrogen-bond donors (Lipinski definition) is 4. The molecule has 0 amide bonds. The van der Waals surface area contributed by atoms with E-state index in [2.05, 4.69) is 0 Å². The quantitative estimate of drug-likeness (QED) is 0.0853. The minimum absolute atomic E-state index is 0. The maximum atomic E-state index is 12.3. The summed E-state index contributed by atoms with van der Waals surface area (Å²) < 4.78 is 20.9. The van der Waals surface area contributed by atoms with Crippen molar-refractivity contribution in [3.05, 3.63) is 72.9 Å². The average molecular weight is 695 g/mol. The number of aliphatic hydroxyl groups excluding tert-OH is 4. The van der Waals surface area contributed by atoms with Gasteiger partial charge in [0.05, 0.1) is 0 Å². The number of aliphatic hydroxyl groups is 4. The molecular weight excluding hydrogens is 640 g/mol. The Balaban J connectivity index is 0.000000922. The molecule has 0 saturated carbocycles. The van der Waals surface area contributed by atoms with Crippen LogP contribution in [0.5, 0.6) is 0 Å². The summed E-state index contributed by atoms with van der Waals surface area (Å²) in [6.45, 7) is 7.39. The van der Waals surface area contributed by atoms with Gasteiger partial charge in [0, 0.05) is 12.2 Å². The number of hydrogen-bond acceptors (Lipinski definition) is 12. The van der Waals surface area contributed by atoms with Crippen LogP contribution in [0.2, 0.25) is 0 Å². The largest absolute Gasteiger partial charge is 0.457 e. The van der Waals surface area contributed by atoms with Gasteiger partial charge in [0.15, 0.2) is 12.2 Å². The van der Waals surface area contributed by atoms with E-state index >= 15 is 0 Å². The standard InChI is InChI=1S/2C18H26O6.H2O/c2*1-3-5-6-12-16(20)23-15-11-8-7-10-13(19)17(21)14(9-4-2)24-18(15)22;/h2*3,5-7,10,12-15,17,19,21H,4,8-9,11H2,1-2H3;1H2/b2*5-3+,10-7+,12-6+;/t2*13-,14+,15+,17-;/m11./s1. The van der Waals surface area contributed by atoms with Gasteiger partial charge in [-0.05, 0) is 52.4 Å². The van der Waals surface area contributed by atoms with E-state index in [1.54, 1.807) is 36.5 Å². The fourth-order valence-corrected chi connectivity index (χ4v) is 4.55. The van der Waals surface area contributed by atoms with Gasteiger partial charge in [0.2, 0.25) is 0 Å². The zero-order valence-corrected chi connectivity index (χ0v) is 28.8. The smallest absolute Gasteiger partial charge is 0.347 e.